The van der Waals surface area contributed by atoms with E-state index in [4.69, 9.17) is 16.9 Å². The highest BCUT2D eigenvalue weighted by Crippen LogP contribution is 2.25. The molecule has 0 aliphatic carbocycles. The molecule has 1 N–H and O–H groups in total. The zero-order valence-corrected chi connectivity index (χ0v) is 11.4. The molecule has 102 valence electrons. The van der Waals surface area contributed by atoms with Crippen LogP contribution < -0.4 is 5.32 Å². The largest absolute Gasteiger partial charge is 0.378 e. The monoisotopic (exact) mass is 292 g/mol. The third-order valence-electron chi connectivity index (χ3n) is 2.90. The van der Waals surface area contributed by atoms with Gasteiger partial charge < -0.3 is 5.32 Å². The Morgan fingerprint density at radius 1 is 1.20 bits per heavy atom. The number of anilines is 1. The van der Waals surface area contributed by atoms with Crippen LogP contribution in [0.2, 0.25) is 5.02 Å². The van der Waals surface area contributed by atoms with Crippen LogP contribution in [-0.2, 0) is 0 Å². The number of nitrogens with zero attached hydrogens (tertiary/aromatic N) is 1. The van der Waals surface area contributed by atoms with Gasteiger partial charge in [0.1, 0.15) is 17.7 Å². The van der Waals surface area contributed by atoms with Crippen LogP contribution in [0.3, 0.4) is 0 Å². The van der Waals surface area contributed by atoms with Gasteiger partial charge in [0.05, 0.1) is 16.6 Å². The van der Waals surface area contributed by atoms with Crippen LogP contribution in [0, 0.1) is 23.0 Å². The molecule has 2 rings (SSSR count). The van der Waals surface area contributed by atoms with E-state index in [9.17, 15) is 8.78 Å². The summed E-state index contributed by atoms with van der Waals surface area (Å²) in [6.07, 6.45) is 0. The number of rotatable bonds is 3. The van der Waals surface area contributed by atoms with Gasteiger partial charge in [0.25, 0.3) is 0 Å². The maximum atomic E-state index is 13.6. The Morgan fingerprint density at radius 2 is 1.95 bits per heavy atom. The summed E-state index contributed by atoms with van der Waals surface area (Å²) in [6, 6.07) is 9.65. The fourth-order valence-corrected chi connectivity index (χ4v) is 2.09. The van der Waals surface area contributed by atoms with Crippen LogP contribution in [0.5, 0.6) is 0 Å². The maximum Gasteiger partial charge on any atom is 0.128 e. The molecule has 2 aromatic rings. The summed E-state index contributed by atoms with van der Waals surface area (Å²) >= 11 is 5.92. The minimum atomic E-state index is -0.493. The number of hydrogen-bond acceptors (Lipinski definition) is 2. The Labute approximate surface area is 120 Å². The lowest BCUT2D eigenvalue weighted by Crippen LogP contribution is -2.09. The standard InChI is InChI=1S/C15H11ClF2N2/c1-9(13-6-11(17)3-5-15(13)18)20-12-4-2-10(8-19)14(16)7-12/h2-7,9,20H,1H3. The Bertz CT molecular complexity index is 680. The molecule has 2 aromatic carbocycles. The molecule has 0 aliphatic rings. The van der Waals surface area contributed by atoms with Crippen LogP contribution in [0.25, 0.3) is 0 Å². The average molecular weight is 293 g/mol. The van der Waals surface area contributed by atoms with Gasteiger partial charge in [-0.3, -0.25) is 0 Å². The van der Waals surface area contributed by atoms with Crippen molar-refractivity contribution >= 4 is 17.3 Å². The van der Waals surface area contributed by atoms with Gasteiger partial charge in [-0.15, -0.1) is 0 Å². The molecule has 2 nitrogen and oxygen atoms in total. The first-order chi connectivity index (χ1) is 9.51. The minimum absolute atomic E-state index is 0.227. The van der Waals surface area contributed by atoms with Crippen LogP contribution in [-0.4, -0.2) is 0 Å². The fourth-order valence-electron chi connectivity index (χ4n) is 1.87. The van der Waals surface area contributed by atoms with Gasteiger partial charge in [-0.25, -0.2) is 8.78 Å². The fraction of sp³-hybridized carbons (Fsp3) is 0.133. The normalized spacial score (nSPS) is 11.8. The van der Waals surface area contributed by atoms with Gasteiger partial charge in [0.15, 0.2) is 0 Å². The van der Waals surface area contributed by atoms with Gasteiger partial charge in [-0.05, 0) is 43.3 Å². The van der Waals surface area contributed by atoms with Crippen molar-refractivity contribution in [3.63, 3.8) is 0 Å². The smallest absolute Gasteiger partial charge is 0.128 e. The zero-order valence-electron chi connectivity index (χ0n) is 10.6. The predicted octanol–water partition coefficient (Wildman–Crippen LogP) is 4.66. The average Bonchev–Trinajstić information content (AvgIpc) is 2.41. The van der Waals surface area contributed by atoms with E-state index in [0.29, 0.717) is 16.3 Å². The first-order valence-electron chi connectivity index (χ1n) is 5.92. The molecule has 20 heavy (non-hydrogen) atoms. The number of hydrogen-bond donors (Lipinski definition) is 1. The number of nitriles is 1. The third-order valence-corrected chi connectivity index (χ3v) is 3.21. The summed E-state index contributed by atoms with van der Waals surface area (Å²) in [6.45, 7) is 1.71. The summed E-state index contributed by atoms with van der Waals surface area (Å²) in [7, 11) is 0. The van der Waals surface area contributed by atoms with E-state index in [-0.39, 0.29) is 5.56 Å². The van der Waals surface area contributed by atoms with Gasteiger partial charge in [0.2, 0.25) is 0 Å². The van der Waals surface area contributed by atoms with Crippen LogP contribution in [0.1, 0.15) is 24.1 Å². The molecule has 1 unspecified atom stereocenters. The van der Waals surface area contributed by atoms with Crippen LogP contribution in [0.4, 0.5) is 14.5 Å². The van der Waals surface area contributed by atoms with Gasteiger partial charge in [-0.1, -0.05) is 11.6 Å². The molecule has 0 aromatic heterocycles. The van der Waals surface area contributed by atoms with E-state index in [1.54, 1.807) is 25.1 Å². The molecular formula is C15H11ClF2N2. The lowest BCUT2D eigenvalue weighted by Gasteiger charge is -2.17. The molecule has 0 spiro atoms. The Balaban J connectivity index is 2.23. The lowest BCUT2D eigenvalue weighted by atomic mass is 10.1. The van der Waals surface area contributed by atoms with Crippen molar-refractivity contribution in [1.29, 1.82) is 5.26 Å². The SMILES string of the molecule is CC(Nc1ccc(C#N)c(Cl)c1)c1cc(F)ccc1F. The Hall–Kier alpha value is -2.12. The van der Waals surface area contributed by atoms with Crippen molar-refractivity contribution in [2.45, 2.75) is 13.0 Å². The first kappa shape index (κ1) is 14.3. The summed E-state index contributed by atoms with van der Waals surface area (Å²) in [4.78, 5) is 0. The van der Waals surface area contributed by atoms with E-state index in [0.717, 1.165) is 18.2 Å². The van der Waals surface area contributed by atoms with Crippen molar-refractivity contribution < 1.29 is 8.78 Å². The van der Waals surface area contributed by atoms with E-state index in [2.05, 4.69) is 5.32 Å². The van der Waals surface area contributed by atoms with Crippen molar-refractivity contribution in [2.24, 2.45) is 0 Å². The molecule has 0 amide bonds. The van der Waals surface area contributed by atoms with E-state index in [1.165, 1.54) is 0 Å². The summed E-state index contributed by atoms with van der Waals surface area (Å²) < 4.78 is 26.8. The molecule has 0 saturated heterocycles. The summed E-state index contributed by atoms with van der Waals surface area (Å²) in [5.74, 6) is -0.973. The van der Waals surface area contributed by atoms with Gasteiger partial charge in [0, 0.05) is 11.3 Å². The first-order valence-corrected chi connectivity index (χ1v) is 6.30. The minimum Gasteiger partial charge on any atom is -0.378 e. The third kappa shape index (κ3) is 3.06. The van der Waals surface area contributed by atoms with Crippen molar-refractivity contribution in [3.8, 4) is 6.07 Å². The molecule has 0 radical (unpaired) electrons. The van der Waals surface area contributed by atoms with E-state index in [1.807, 2.05) is 6.07 Å². The second kappa shape index (κ2) is 5.89. The maximum absolute atomic E-state index is 13.6. The van der Waals surface area contributed by atoms with Gasteiger partial charge in [-0.2, -0.15) is 5.26 Å². The van der Waals surface area contributed by atoms with Crippen molar-refractivity contribution in [1.82, 2.24) is 0 Å². The summed E-state index contributed by atoms with van der Waals surface area (Å²) in [5, 5.41) is 12.1. The van der Waals surface area contributed by atoms with Crippen molar-refractivity contribution in [2.75, 3.05) is 5.32 Å². The van der Waals surface area contributed by atoms with Crippen LogP contribution >= 0.6 is 11.6 Å². The van der Waals surface area contributed by atoms with Gasteiger partial charge >= 0.3 is 0 Å². The zero-order chi connectivity index (χ0) is 14.7. The molecule has 5 heteroatoms. The Morgan fingerprint density at radius 3 is 2.60 bits per heavy atom. The molecule has 0 fully saturated rings. The highest BCUT2D eigenvalue weighted by atomic mass is 35.5. The van der Waals surface area contributed by atoms with Crippen molar-refractivity contribution in [3.05, 3.63) is 64.2 Å². The highest BCUT2D eigenvalue weighted by Gasteiger charge is 2.12. The van der Waals surface area contributed by atoms with Crippen LogP contribution in [0.15, 0.2) is 36.4 Å². The highest BCUT2D eigenvalue weighted by molar-refractivity contribution is 6.32. The second-order valence-corrected chi connectivity index (χ2v) is 4.75. The topological polar surface area (TPSA) is 35.8 Å². The molecule has 0 aliphatic heterocycles. The molecule has 0 saturated carbocycles. The second-order valence-electron chi connectivity index (χ2n) is 4.34. The lowest BCUT2D eigenvalue weighted by molar-refractivity contribution is 0.577. The molecule has 0 heterocycles. The number of nitrogens with one attached hydrogen (secondary N) is 1. The van der Waals surface area contributed by atoms with E-state index >= 15 is 0 Å². The predicted molar refractivity (Wildman–Crippen MR) is 74.6 cm³/mol. The van der Waals surface area contributed by atoms with E-state index < -0.39 is 17.7 Å². The quantitative estimate of drug-likeness (QED) is 0.893. The molecule has 0 bridgehead atoms. The Kier molecular flexibility index (Phi) is 4.21. The number of benzene rings is 2. The number of halogens is 3. The summed E-state index contributed by atoms with van der Waals surface area (Å²) in [5.41, 5.74) is 1.22. The molecule has 1 atom stereocenters. The molecular weight excluding hydrogens is 282 g/mol.